The van der Waals surface area contributed by atoms with Crippen LogP contribution in [-0.2, 0) is 9.53 Å². The molecule has 0 rings (SSSR count). The Morgan fingerprint density at radius 1 is 1.00 bits per heavy atom. The maximum absolute atomic E-state index is 10.9. The molecule has 0 aliphatic carbocycles. The molecule has 0 aromatic carbocycles. The van der Waals surface area contributed by atoms with E-state index in [9.17, 15) is 20.1 Å². The van der Waals surface area contributed by atoms with E-state index in [0.29, 0.717) is 19.3 Å². The van der Waals surface area contributed by atoms with Crippen molar-refractivity contribution in [2.45, 2.75) is 83.0 Å². The molecule has 0 aliphatic heterocycles. The van der Waals surface area contributed by atoms with E-state index in [1.165, 1.54) is 13.2 Å². The molecule has 0 saturated carbocycles. The molecule has 0 heterocycles. The maximum atomic E-state index is 10.9. The maximum Gasteiger partial charge on any atom is 0.305 e. The highest BCUT2D eigenvalue weighted by atomic mass is 16.5. The first-order valence-electron chi connectivity index (χ1n) is 8.95. The first-order valence-corrected chi connectivity index (χ1v) is 8.95. The first kappa shape index (κ1) is 22.8. The van der Waals surface area contributed by atoms with Gasteiger partial charge >= 0.3 is 5.97 Å². The highest BCUT2D eigenvalue weighted by Gasteiger charge is 2.11. The van der Waals surface area contributed by atoms with Gasteiger partial charge < -0.3 is 20.1 Å². The fourth-order valence-electron chi connectivity index (χ4n) is 2.26. The molecular formula is C19H34O5. The number of ether oxygens (including phenoxy) is 1. The van der Waals surface area contributed by atoms with Crippen molar-refractivity contribution in [1.29, 1.82) is 0 Å². The van der Waals surface area contributed by atoms with Crippen molar-refractivity contribution >= 4 is 5.97 Å². The Balaban J connectivity index is 3.71. The van der Waals surface area contributed by atoms with Crippen molar-refractivity contribution < 1.29 is 24.9 Å². The monoisotopic (exact) mass is 342 g/mol. The van der Waals surface area contributed by atoms with Gasteiger partial charge in [0.15, 0.2) is 0 Å². The van der Waals surface area contributed by atoms with Crippen LogP contribution >= 0.6 is 0 Å². The van der Waals surface area contributed by atoms with Crippen LogP contribution in [0.3, 0.4) is 0 Å². The summed E-state index contributed by atoms with van der Waals surface area (Å²) in [7, 11) is 1.40. The number of aliphatic hydroxyl groups is 3. The molecule has 5 heteroatoms. The Bertz CT molecular complexity index is 365. The van der Waals surface area contributed by atoms with Crippen LogP contribution < -0.4 is 0 Å². The summed E-state index contributed by atoms with van der Waals surface area (Å²) in [5.41, 5.74) is 0. The van der Waals surface area contributed by atoms with E-state index < -0.39 is 18.3 Å². The van der Waals surface area contributed by atoms with Gasteiger partial charge in [0.1, 0.15) is 0 Å². The van der Waals surface area contributed by atoms with Crippen molar-refractivity contribution in [3.8, 4) is 0 Å². The number of carbonyl (C=O) groups is 1. The number of aliphatic hydroxyl groups excluding tert-OH is 3. The molecule has 0 aromatic heterocycles. The van der Waals surface area contributed by atoms with E-state index in [0.717, 1.165) is 38.5 Å². The molecule has 3 atom stereocenters. The third-order valence-corrected chi connectivity index (χ3v) is 3.81. The standard InChI is InChI=1S/C19H34O5/c1-3-4-8-12-17(21)18(22)15-14-16(20)11-9-6-5-7-10-13-19(23)24-2/h4,8,14-18,20-22H,3,5-7,9-13H2,1-2H3/b8-4+,15-14?/t16-,17?,18-/m1/s1. The molecule has 0 fully saturated rings. The average molecular weight is 342 g/mol. The Labute approximate surface area is 146 Å². The summed E-state index contributed by atoms with van der Waals surface area (Å²) in [4.78, 5) is 10.9. The van der Waals surface area contributed by atoms with Crippen molar-refractivity contribution in [3.63, 3.8) is 0 Å². The Hall–Kier alpha value is -1.17. The Morgan fingerprint density at radius 3 is 2.33 bits per heavy atom. The highest BCUT2D eigenvalue weighted by molar-refractivity contribution is 5.68. The SMILES string of the molecule is CC/C=C/CC(O)[C@H](O)C=C[C@H](O)CCCCCCCC(=O)OC. The van der Waals surface area contributed by atoms with Crippen LogP contribution in [0.5, 0.6) is 0 Å². The van der Waals surface area contributed by atoms with Gasteiger partial charge in [-0.25, -0.2) is 0 Å². The van der Waals surface area contributed by atoms with Crippen molar-refractivity contribution in [2.24, 2.45) is 0 Å². The molecule has 140 valence electrons. The summed E-state index contributed by atoms with van der Waals surface area (Å²) in [5.74, 6) is -0.165. The topological polar surface area (TPSA) is 87.0 Å². The third-order valence-electron chi connectivity index (χ3n) is 3.81. The summed E-state index contributed by atoms with van der Waals surface area (Å²) in [6.45, 7) is 2.01. The van der Waals surface area contributed by atoms with Gasteiger partial charge in [0.2, 0.25) is 0 Å². The van der Waals surface area contributed by atoms with Crippen LogP contribution in [-0.4, -0.2) is 46.7 Å². The summed E-state index contributed by atoms with van der Waals surface area (Å²) < 4.78 is 4.58. The average Bonchev–Trinajstić information content (AvgIpc) is 2.58. The van der Waals surface area contributed by atoms with Gasteiger partial charge in [-0.05, 0) is 25.7 Å². The lowest BCUT2D eigenvalue weighted by molar-refractivity contribution is -0.140. The lowest BCUT2D eigenvalue weighted by atomic mass is 10.0. The second kappa shape index (κ2) is 15.4. The fourth-order valence-corrected chi connectivity index (χ4v) is 2.26. The summed E-state index contributed by atoms with van der Waals surface area (Å²) in [6, 6.07) is 0. The zero-order valence-electron chi connectivity index (χ0n) is 15.1. The predicted octanol–water partition coefficient (Wildman–Crippen LogP) is 2.89. The van der Waals surface area contributed by atoms with E-state index in [4.69, 9.17) is 0 Å². The summed E-state index contributed by atoms with van der Waals surface area (Å²) in [5, 5.41) is 29.4. The molecule has 24 heavy (non-hydrogen) atoms. The number of hydrogen-bond donors (Lipinski definition) is 3. The highest BCUT2D eigenvalue weighted by Crippen LogP contribution is 2.10. The molecule has 0 aliphatic rings. The molecule has 0 saturated heterocycles. The smallest absolute Gasteiger partial charge is 0.305 e. The van der Waals surface area contributed by atoms with Crippen molar-refractivity contribution in [2.75, 3.05) is 7.11 Å². The van der Waals surface area contributed by atoms with E-state index >= 15 is 0 Å². The lowest BCUT2D eigenvalue weighted by Gasteiger charge is -2.13. The third kappa shape index (κ3) is 13.3. The zero-order valence-corrected chi connectivity index (χ0v) is 15.1. The molecule has 0 bridgehead atoms. The summed E-state index contributed by atoms with van der Waals surface area (Å²) >= 11 is 0. The molecule has 0 radical (unpaired) electrons. The van der Waals surface area contributed by atoms with Crippen LogP contribution in [0, 0.1) is 0 Å². The second-order valence-corrected chi connectivity index (χ2v) is 6.01. The second-order valence-electron chi connectivity index (χ2n) is 6.01. The van der Waals surface area contributed by atoms with Crippen LogP contribution in [0.15, 0.2) is 24.3 Å². The molecular weight excluding hydrogens is 308 g/mol. The lowest BCUT2D eigenvalue weighted by Crippen LogP contribution is -2.23. The molecule has 0 aromatic rings. The summed E-state index contributed by atoms with van der Waals surface area (Å²) in [6.07, 6.45) is 11.5. The molecule has 3 N–H and O–H groups in total. The van der Waals surface area contributed by atoms with Crippen LogP contribution in [0.25, 0.3) is 0 Å². The largest absolute Gasteiger partial charge is 0.469 e. The fraction of sp³-hybridized carbons (Fsp3) is 0.737. The molecule has 5 nitrogen and oxygen atoms in total. The van der Waals surface area contributed by atoms with Gasteiger partial charge in [-0.1, -0.05) is 56.9 Å². The number of methoxy groups -OCH3 is 1. The van der Waals surface area contributed by atoms with E-state index in [2.05, 4.69) is 4.74 Å². The van der Waals surface area contributed by atoms with Crippen LogP contribution in [0.4, 0.5) is 0 Å². The number of rotatable bonds is 14. The Morgan fingerprint density at radius 2 is 1.67 bits per heavy atom. The first-order chi connectivity index (χ1) is 11.5. The predicted molar refractivity (Wildman–Crippen MR) is 95.5 cm³/mol. The van der Waals surface area contributed by atoms with Gasteiger partial charge in [0.05, 0.1) is 25.4 Å². The number of carbonyl (C=O) groups excluding carboxylic acids is 1. The number of allylic oxidation sites excluding steroid dienone is 1. The normalized spacial score (nSPS) is 15.7. The van der Waals surface area contributed by atoms with E-state index in [-0.39, 0.29) is 5.97 Å². The quantitative estimate of drug-likeness (QED) is 0.257. The minimum Gasteiger partial charge on any atom is -0.469 e. The van der Waals surface area contributed by atoms with Crippen molar-refractivity contribution in [1.82, 2.24) is 0 Å². The minimum absolute atomic E-state index is 0.165. The van der Waals surface area contributed by atoms with E-state index in [1.807, 2.05) is 19.1 Å². The molecule has 0 spiro atoms. The van der Waals surface area contributed by atoms with E-state index in [1.54, 1.807) is 6.08 Å². The molecule has 0 amide bonds. The van der Waals surface area contributed by atoms with Gasteiger partial charge in [0, 0.05) is 6.42 Å². The number of unbranched alkanes of at least 4 members (excludes halogenated alkanes) is 4. The van der Waals surface area contributed by atoms with Crippen LogP contribution in [0.2, 0.25) is 0 Å². The molecule has 1 unspecified atom stereocenters. The number of hydrogen-bond acceptors (Lipinski definition) is 5. The zero-order chi connectivity index (χ0) is 18.2. The van der Waals surface area contributed by atoms with Crippen molar-refractivity contribution in [3.05, 3.63) is 24.3 Å². The minimum atomic E-state index is -0.959. The Kier molecular flexibility index (Phi) is 14.6. The van der Waals surface area contributed by atoms with Crippen LogP contribution in [0.1, 0.15) is 64.7 Å². The van der Waals surface area contributed by atoms with Gasteiger partial charge in [-0.3, -0.25) is 4.79 Å². The van der Waals surface area contributed by atoms with Gasteiger partial charge in [-0.15, -0.1) is 0 Å². The van der Waals surface area contributed by atoms with Gasteiger partial charge in [0.25, 0.3) is 0 Å². The van der Waals surface area contributed by atoms with Gasteiger partial charge in [-0.2, -0.15) is 0 Å². The number of esters is 1.